The van der Waals surface area contributed by atoms with E-state index >= 15 is 0 Å². The number of carbonyl (C=O) groups excluding carboxylic acids is 2. The van der Waals surface area contributed by atoms with Gasteiger partial charge in [-0.3, -0.25) is 14.5 Å². The highest BCUT2D eigenvalue weighted by atomic mass is 79.9. The molecule has 0 bridgehead atoms. The lowest BCUT2D eigenvalue weighted by Crippen LogP contribution is -2.33. The molecule has 0 unspecified atom stereocenters. The average molecular weight is 407 g/mol. The van der Waals surface area contributed by atoms with Gasteiger partial charge in [-0.15, -0.1) is 0 Å². The van der Waals surface area contributed by atoms with Crippen LogP contribution in [0.4, 0.5) is 14.9 Å². The van der Waals surface area contributed by atoms with Gasteiger partial charge in [-0.2, -0.15) is 0 Å². The minimum absolute atomic E-state index is 0.0513. The number of imide groups is 1. The van der Waals surface area contributed by atoms with Crippen LogP contribution in [0.15, 0.2) is 57.9 Å². The summed E-state index contributed by atoms with van der Waals surface area (Å²) < 4.78 is 14.6. The number of nitrogens with one attached hydrogen (secondary N) is 1. The van der Waals surface area contributed by atoms with Gasteiger partial charge in [-0.05, 0) is 42.1 Å². The molecule has 1 fully saturated rings. The Bertz CT molecular complexity index is 841. The summed E-state index contributed by atoms with van der Waals surface area (Å²) in [6, 6.07) is 13.5. The van der Waals surface area contributed by atoms with Crippen LogP contribution in [0.2, 0.25) is 0 Å². The second kappa shape index (κ2) is 7.19. The fraction of sp³-hybridized carbons (Fsp3) is 0.0588. The van der Waals surface area contributed by atoms with E-state index in [1.54, 1.807) is 18.2 Å². The Labute approximate surface area is 150 Å². The van der Waals surface area contributed by atoms with Gasteiger partial charge in [0.05, 0.1) is 11.6 Å². The number of rotatable bonds is 4. The monoisotopic (exact) mass is 406 g/mol. The lowest BCUT2D eigenvalue weighted by Gasteiger charge is -2.14. The van der Waals surface area contributed by atoms with E-state index in [0.717, 1.165) is 26.8 Å². The fourth-order valence-electron chi connectivity index (χ4n) is 2.14. The number of halogens is 2. The first-order valence-corrected chi connectivity index (χ1v) is 8.65. The highest BCUT2D eigenvalue weighted by molar-refractivity contribution is 9.10. The topological polar surface area (TPSA) is 49.4 Å². The molecule has 0 radical (unpaired) electrons. The number of carbonyl (C=O) groups is 2. The molecule has 4 nitrogen and oxygen atoms in total. The van der Waals surface area contributed by atoms with Gasteiger partial charge in [0.2, 0.25) is 0 Å². The molecule has 3 rings (SSSR count). The Balaban J connectivity index is 1.73. The minimum atomic E-state index is -0.434. The molecule has 2 amide bonds. The molecule has 122 valence electrons. The first-order valence-electron chi connectivity index (χ1n) is 7.04. The zero-order chi connectivity index (χ0) is 17.1. The van der Waals surface area contributed by atoms with Crippen molar-refractivity contribution < 1.29 is 14.0 Å². The van der Waals surface area contributed by atoms with Crippen LogP contribution >= 0.6 is 27.7 Å². The number of hydrogen-bond acceptors (Lipinski definition) is 4. The van der Waals surface area contributed by atoms with Gasteiger partial charge in [-0.25, -0.2) is 4.39 Å². The van der Waals surface area contributed by atoms with Gasteiger partial charge in [0.1, 0.15) is 5.82 Å². The Kier molecular flexibility index (Phi) is 5.01. The van der Waals surface area contributed by atoms with Gasteiger partial charge in [-0.1, -0.05) is 40.2 Å². The van der Waals surface area contributed by atoms with Crippen LogP contribution in [0.25, 0.3) is 6.08 Å². The number of benzene rings is 2. The molecule has 0 spiro atoms. The van der Waals surface area contributed by atoms with E-state index in [4.69, 9.17) is 0 Å². The van der Waals surface area contributed by atoms with Crippen LogP contribution in [-0.4, -0.2) is 22.7 Å². The molecule has 24 heavy (non-hydrogen) atoms. The highest BCUT2D eigenvalue weighted by Crippen LogP contribution is 2.32. The standard InChI is InChI=1S/C17H12BrFN2O2S/c18-12-5-3-6-13(9-12)20-10-21-16(22)15(24-17(21)23)8-11-4-1-2-7-14(11)19/h1-9,20H,10H2. The van der Waals surface area contributed by atoms with E-state index in [1.807, 2.05) is 24.3 Å². The van der Waals surface area contributed by atoms with Crippen molar-refractivity contribution in [2.24, 2.45) is 0 Å². The number of hydrogen-bond donors (Lipinski definition) is 1. The smallest absolute Gasteiger partial charge is 0.295 e. The summed E-state index contributed by atoms with van der Waals surface area (Å²) in [5, 5.41) is 2.64. The van der Waals surface area contributed by atoms with Crippen LogP contribution in [0.5, 0.6) is 0 Å². The zero-order valence-corrected chi connectivity index (χ0v) is 14.7. The van der Waals surface area contributed by atoms with E-state index in [0.29, 0.717) is 0 Å². The number of anilines is 1. The maximum atomic E-state index is 13.7. The minimum Gasteiger partial charge on any atom is -0.367 e. The second-order valence-electron chi connectivity index (χ2n) is 4.98. The van der Waals surface area contributed by atoms with Gasteiger partial charge in [0.15, 0.2) is 0 Å². The van der Waals surface area contributed by atoms with Crippen LogP contribution in [-0.2, 0) is 4.79 Å². The summed E-state index contributed by atoms with van der Waals surface area (Å²) in [7, 11) is 0. The predicted molar refractivity (Wildman–Crippen MR) is 96.8 cm³/mol. The molecular weight excluding hydrogens is 395 g/mol. The quantitative estimate of drug-likeness (QED) is 0.747. The molecule has 1 N–H and O–H groups in total. The summed E-state index contributed by atoms with van der Waals surface area (Å²) in [6.45, 7) is 0.0513. The van der Waals surface area contributed by atoms with Crippen molar-refractivity contribution in [2.45, 2.75) is 0 Å². The van der Waals surface area contributed by atoms with Crippen molar-refractivity contribution in [1.29, 1.82) is 0 Å². The van der Waals surface area contributed by atoms with Crippen molar-refractivity contribution in [3.05, 3.63) is 69.3 Å². The molecule has 1 heterocycles. The first-order chi connectivity index (χ1) is 11.5. The third-order valence-corrected chi connectivity index (χ3v) is 4.73. The van der Waals surface area contributed by atoms with E-state index in [2.05, 4.69) is 21.2 Å². The molecule has 0 saturated carbocycles. The molecule has 1 aliphatic rings. The highest BCUT2D eigenvalue weighted by Gasteiger charge is 2.34. The maximum absolute atomic E-state index is 13.7. The second-order valence-corrected chi connectivity index (χ2v) is 6.89. The molecule has 2 aromatic rings. The molecule has 1 aliphatic heterocycles. The van der Waals surface area contributed by atoms with Gasteiger partial charge in [0, 0.05) is 15.7 Å². The van der Waals surface area contributed by atoms with Crippen molar-refractivity contribution in [1.82, 2.24) is 4.90 Å². The summed E-state index contributed by atoms with van der Waals surface area (Å²) in [6.07, 6.45) is 1.40. The molecule has 0 aliphatic carbocycles. The average Bonchev–Trinajstić information content (AvgIpc) is 2.82. The summed E-state index contributed by atoms with van der Waals surface area (Å²) in [5.41, 5.74) is 1.06. The van der Waals surface area contributed by atoms with Crippen LogP contribution in [0, 0.1) is 5.82 Å². The lowest BCUT2D eigenvalue weighted by atomic mass is 10.2. The predicted octanol–water partition coefficient (Wildman–Crippen LogP) is 4.69. The first kappa shape index (κ1) is 16.7. The van der Waals surface area contributed by atoms with Crippen LogP contribution < -0.4 is 5.32 Å². The van der Waals surface area contributed by atoms with Crippen molar-refractivity contribution in [3.8, 4) is 0 Å². The third kappa shape index (κ3) is 3.68. The lowest BCUT2D eigenvalue weighted by molar-refractivity contribution is -0.122. The number of amides is 2. The largest absolute Gasteiger partial charge is 0.367 e. The zero-order valence-electron chi connectivity index (χ0n) is 12.3. The maximum Gasteiger partial charge on any atom is 0.295 e. The molecule has 7 heteroatoms. The van der Waals surface area contributed by atoms with Gasteiger partial charge < -0.3 is 5.32 Å². The normalized spacial score (nSPS) is 16.1. The van der Waals surface area contributed by atoms with Gasteiger partial charge in [0.25, 0.3) is 11.1 Å². The summed E-state index contributed by atoms with van der Waals surface area (Å²) >= 11 is 4.16. The fourth-order valence-corrected chi connectivity index (χ4v) is 3.37. The van der Waals surface area contributed by atoms with E-state index in [1.165, 1.54) is 12.1 Å². The molecular formula is C17H12BrFN2O2S. The van der Waals surface area contributed by atoms with Crippen LogP contribution in [0.3, 0.4) is 0 Å². The SMILES string of the molecule is O=C1SC(=Cc2ccccc2F)C(=O)N1CNc1cccc(Br)c1. The van der Waals surface area contributed by atoms with Crippen molar-refractivity contribution >= 4 is 50.6 Å². The molecule has 1 saturated heterocycles. The Morgan fingerprint density at radius 1 is 1.17 bits per heavy atom. The van der Waals surface area contributed by atoms with Crippen LogP contribution in [0.1, 0.15) is 5.56 Å². The summed E-state index contributed by atoms with van der Waals surface area (Å²) in [4.78, 5) is 25.7. The van der Waals surface area contributed by atoms with E-state index in [9.17, 15) is 14.0 Å². The molecule has 0 aromatic heterocycles. The van der Waals surface area contributed by atoms with Gasteiger partial charge >= 0.3 is 0 Å². The van der Waals surface area contributed by atoms with Crippen molar-refractivity contribution in [2.75, 3.05) is 12.0 Å². The van der Waals surface area contributed by atoms with E-state index in [-0.39, 0.29) is 22.4 Å². The molecule has 0 atom stereocenters. The number of nitrogens with zero attached hydrogens (tertiary/aromatic N) is 1. The third-order valence-electron chi connectivity index (χ3n) is 3.33. The van der Waals surface area contributed by atoms with Crippen molar-refractivity contribution in [3.63, 3.8) is 0 Å². The molecule has 2 aromatic carbocycles. The summed E-state index contributed by atoms with van der Waals surface area (Å²) in [5.74, 6) is -0.868. The number of thioether (sulfide) groups is 1. The Morgan fingerprint density at radius 3 is 2.71 bits per heavy atom. The Hall–Kier alpha value is -2.12. The Morgan fingerprint density at radius 2 is 1.96 bits per heavy atom. The van der Waals surface area contributed by atoms with E-state index < -0.39 is 11.7 Å².